The average molecular weight is 2230 g/mol. The third-order valence-corrected chi connectivity index (χ3v) is 19.4. The molecule has 0 aromatic carbocycles. The summed E-state index contributed by atoms with van der Waals surface area (Å²) in [5, 5.41) is 21.0. The lowest BCUT2D eigenvalue weighted by atomic mass is 9.90. The number of allylic oxidation sites excluding steroid dienone is 3. The Bertz CT molecular complexity index is 5190. The van der Waals surface area contributed by atoms with Crippen LogP contribution in [0, 0.1) is 31.6 Å². The Hall–Kier alpha value is -8.00. The van der Waals surface area contributed by atoms with E-state index in [0.717, 1.165) is 81.0 Å². The van der Waals surface area contributed by atoms with Crippen molar-refractivity contribution in [2.24, 2.45) is 10.8 Å². The number of pyridine rings is 4. The van der Waals surface area contributed by atoms with Gasteiger partial charge >= 0.3 is 6.03 Å². The number of carbonyl (C=O) groups is 6. The van der Waals surface area contributed by atoms with Crippen LogP contribution in [0.2, 0.25) is 0 Å². The molecular weight excluding hydrogens is 2090 g/mol. The van der Waals surface area contributed by atoms with Crippen molar-refractivity contribution in [2.75, 3.05) is 31.9 Å². The van der Waals surface area contributed by atoms with Crippen molar-refractivity contribution in [3.63, 3.8) is 0 Å². The number of imidazole rings is 2. The van der Waals surface area contributed by atoms with Gasteiger partial charge in [-0.05, 0) is 108 Å². The first kappa shape index (κ1) is 132. The van der Waals surface area contributed by atoms with Crippen LogP contribution in [-0.2, 0) is 77.9 Å². The van der Waals surface area contributed by atoms with Crippen molar-refractivity contribution in [3.05, 3.63) is 252 Å². The maximum absolute atomic E-state index is 11.4. The maximum atomic E-state index is 11.4. The van der Waals surface area contributed by atoms with Crippen LogP contribution in [0.25, 0.3) is 20.9 Å². The number of aromatic nitrogens is 11. The first-order valence-corrected chi connectivity index (χ1v) is 52.5. The van der Waals surface area contributed by atoms with Gasteiger partial charge in [0.05, 0.1) is 72.3 Å². The fourth-order valence-corrected chi connectivity index (χ4v) is 11.5. The number of ether oxygens (including phenoxy) is 2. The molecule has 0 aliphatic carbocycles. The van der Waals surface area contributed by atoms with Gasteiger partial charge in [-0.15, -0.1) is 45.9 Å². The van der Waals surface area contributed by atoms with Gasteiger partial charge in [-0.2, -0.15) is 0 Å². The number of hydrogen-bond acceptors (Lipinski definition) is 27. The summed E-state index contributed by atoms with van der Waals surface area (Å²) in [7, 11) is 2.97. The molecule has 0 spiro atoms. The molecule has 0 aliphatic rings. The summed E-state index contributed by atoms with van der Waals surface area (Å²) < 4.78 is 25.8. The summed E-state index contributed by atoms with van der Waals surface area (Å²) in [5.41, 5.74) is 14.6. The number of halogens is 7. The van der Waals surface area contributed by atoms with Crippen LogP contribution < -0.4 is 22.7 Å². The molecule has 0 atom stereocenters. The zero-order valence-electron chi connectivity index (χ0n) is 81.3. The molecule has 10 aromatic heterocycles. The van der Waals surface area contributed by atoms with E-state index >= 15 is 0 Å². The van der Waals surface area contributed by atoms with Crippen molar-refractivity contribution in [1.82, 2.24) is 60.1 Å². The highest BCUT2D eigenvalue weighted by atomic mass is 80.0. The number of nitrogens with one attached hydrogen (secondary N) is 1. The molecule has 10 aromatic rings. The molecule has 0 aliphatic heterocycles. The first-order valence-electron chi connectivity index (χ1n) is 40.0. The third-order valence-electron chi connectivity index (χ3n) is 15.1. The number of carbonyl (C=O) groups excluding carboxylic acids is 6. The summed E-state index contributed by atoms with van der Waals surface area (Å²) in [6.07, 6.45) is 25.2. The van der Waals surface area contributed by atoms with Gasteiger partial charge in [-0.3, -0.25) is 62.2 Å². The van der Waals surface area contributed by atoms with Crippen LogP contribution in [0.3, 0.4) is 0 Å². The molecule has 0 saturated carbocycles. The summed E-state index contributed by atoms with van der Waals surface area (Å²) in [5.74, 6) is 0.837. The maximum Gasteiger partial charge on any atom is 0.338 e. The number of rotatable bonds is 11. The average Bonchev–Trinajstić information content (AvgIpc) is 1.66. The minimum Gasteiger partial charge on any atom is -0.508 e. The molecule has 0 radical (unpaired) electrons. The lowest BCUT2D eigenvalue weighted by molar-refractivity contribution is -0.121. The Balaban J connectivity index is -0.000000451. The van der Waals surface area contributed by atoms with E-state index in [1.807, 2.05) is 83.7 Å². The Labute approximate surface area is 838 Å². The van der Waals surface area contributed by atoms with Crippen molar-refractivity contribution < 1.29 is 62.9 Å². The second kappa shape index (κ2) is 65.6. The van der Waals surface area contributed by atoms with Crippen molar-refractivity contribution in [3.8, 4) is 20.9 Å². The van der Waals surface area contributed by atoms with Crippen LogP contribution >= 0.6 is 134 Å². The minimum absolute atomic E-state index is 0. The van der Waals surface area contributed by atoms with E-state index in [9.17, 15) is 48.0 Å². The van der Waals surface area contributed by atoms with Gasteiger partial charge in [-0.1, -0.05) is 173 Å². The fraction of sp³-hybridized carbons (Fsp3) is 0.441. The summed E-state index contributed by atoms with van der Waals surface area (Å²) in [6, 6.07) is 18.2. The van der Waals surface area contributed by atoms with Gasteiger partial charge in [-0.25, -0.2) is 29.7 Å². The molecule has 0 saturated heterocycles. The number of aliphatic hydroxyl groups is 2. The number of hydrogen-bond donors (Lipinski definition) is 5. The van der Waals surface area contributed by atoms with Crippen molar-refractivity contribution in [2.45, 2.75) is 234 Å². The fourth-order valence-electron chi connectivity index (χ4n) is 8.41. The number of nitrogen functional groups attached to an aromatic ring is 1. The van der Waals surface area contributed by atoms with Crippen molar-refractivity contribution >= 4 is 174 Å². The van der Waals surface area contributed by atoms with Gasteiger partial charge in [0.15, 0.2) is 27.6 Å². The number of ketones is 4. The monoisotopic (exact) mass is 2220 g/mol. The Morgan fingerprint density at radius 3 is 1.31 bits per heavy atom. The number of aliphatic hydroxyl groups excluding tert-OH is 2. The Morgan fingerprint density at radius 2 is 1.01 bits per heavy atom. The molecule has 0 fully saturated rings. The smallest absolute Gasteiger partial charge is 0.338 e. The van der Waals surface area contributed by atoms with Crippen LogP contribution in [-0.4, -0.2) is 130 Å². The molecule has 28 nitrogen and oxygen atoms in total. The molecule has 0 unspecified atom stereocenters. The van der Waals surface area contributed by atoms with E-state index in [1.165, 1.54) is 109 Å². The second-order valence-electron chi connectivity index (χ2n) is 34.8. The quantitative estimate of drug-likeness (QED) is 0.0200. The predicted octanol–water partition coefficient (Wildman–Crippen LogP) is 25.0. The number of nitrogens with two attached hydrogens (primary N) is 1. The molecule has 132 heavy (non-hydrogen) atoms. The summed E-state index contributed by atoms with van der Waals surface area (Å²) in [4.78, 5) is 126. The van der Waals surface area contributed by atoms with Gasteiger partial charge < -0.3 is 46.4 Å². The normalized spacial score (nSPS) is 11.0. The Kier molecular flexibility index (Phi) is 65.9. The molecule has 0 amide bonds. The number of alkyl halides is 2. The number of methoxy groups -OCH3 is 2. The number of aromatic amines is 1. The van der Waals surface area contributed by atoms with Crippen LogP contribution in [0.5, 0.6) is 0 Å². The van der Waals surface area contributed by atoms with Crippen LogP contribution in [0.1, 0.15) is 229 Å². The van der Waals surface area contributed by atoms with E-state index in [0.29, 0.717) is 18.0 Å². The molecule has 734 valence electrons. The molecule has 10 rings (SSSR count). The highest BCUT2D eigenvalue weighted by molar-refractivity contribution is 9.94. The van der Waals surface area contributed by atoms with E-state index < -0.39 is 8.66 Å². The number of thiazole rings is 3. The highest BCUT2D eigenvalue weighted by Gasteiger charge is 2.23. The summed E-state index contributed by atoms with van der Waals surface area (Å²) >= 11 is 31.0. The minimum atomic E-state index is -2.20. The summed E-state index contributed by atoms with van der Waals surface area (Å²) in [6.45, 7) is 54.8. The van der Waals surface area contributed by atoms with E-state index in [-0.39, 0.29) is 107 Å². The van der Waals surface area contributed by atoms with Gasteiger partial charge in [0.1, 0.15) is 45.8 Å². The second-order valence-corrected chi connectivity index (χ2v) is 58.3. The lowest BCUT2D eigenvalue weighted by Gasteiger charge is -2.18. The Morgan fingerprint density at radius 1 is 0.598 bits per heavy atom. The largest absolute Gasteiger partial charge is 0.508 e. The van der Waals surface area contributed by atoms with Crippen LogP contribution in [0.15, 0.2) is 190 Å². The van der Waals surface area contributed by atoms with Gasteiger partial charge in [0, 0.05) is 221 Å². The zero-order chi connectivity index (χ0) is 101. The number of aryl methyl sites for hydroxylation is 3. The van der Waals surface area contributed by atoms with E-state index in [2.05, 4.69) is 218 Å². The lowest BCUT2D eigenvalue weighted by Crippen LogP contribution is -2.17. The van der Waals surface area contributed by atoms with Crippen molar-refractivity contribution in [1.29, 1.82) is 0 Å². The van der Waals surface area contributed by atoms with Crippen LogP contribution in [0.4, 0.5) is 9.93 Å². The third kappa shape index (κ3) is 64.0. The van der Waals surface area contributed by atoms with Gasteiger partial charge in [0.25, 0.3) is 3.25 Å². The van der Waals surface area contributed by atoms with Gasteiger partial charge in [0.2, 0.25) is 5.24 Å². The predicted molar refractivity (Wildman–Crippen MR) is 559 cm³/mol. The molecule has 39 heteroatoms. The molecule has 10 N–H and O–H groups in total. The molecule has 0 bridgehead atoms. The number of H-pyrrole nitrogens is 1. The molecule has 10 heterocycles. The zero-order valence-corrected chi connectivity index (χ0v) is 93.2. The molecular formula is C93H135Br4Cl3N13O15PS3. The first-order chi connectivity index (χ1) is 59.6. The number of nitrogens with zero attached hydrogens (tertiary/aromatic N) is 10. The SMILES string of the molecule is CC(=O)Cc1nc(C)c(-c2ccnc(C(C)(C)C)c2)s1.CC(=O)Cc1nc(C)cs1.CC(C)(C)C(=O)Cl.CC(C)(C)c1cc(=O)cc[nH]1.CC(C)(C)c1cc(=O)cco1.CC(C)(C)c1cc(Br)ccn1.CCO.CO/C=C/C(C)=O.CO/C=C/C(O)=CC(=O)C(C)(C)C.Cc1nc(N)sc1-c1ccnc(C(C)(C)C)c1.ClCCl.N.O.O=C(n1ccnc1)n1ccnc1.O=P(Br)(Br)Br. The highest BCUT2D eigenvalue weighted by Crippen LogP contribution is 2.68. The standard InChI is InChI=1S/C16H20N2OS.C13H17N3S.C10H16O3.C9H12BrN.C9H13NO.C9H12O2.C7H6N4O.C7H9NOS.C5H9ClO.C5H8O2.C2H6O.CH2Cl2.Br3OP.H3N.H2O/c1-10(19)8-14-18-11(2)15(20-14)12-6-7-17-13(9-12)16(3,4)5;1-8-11(17-12(14)16-8)9-5-6-15-10(7-9)13(2,3)4;1-10(2,3)9(12)7-8(11)5-6-13-4;1-9(2,3)8-6-7(10)4-5-11-8;1-9(2,3)8-6-7(11)4-5-10-8;1-9(2,3)8-6-7(10)4-5-11-8;12-7(10-3-1-8-5-10)11-4-2-9-6-11;1-5-4-10-7(8-5)3-6(2)9;1-5(2,3)4(6)7;1-5(6)3-4-7-2;1-2-3;2-1-3;1-5(2,3)4;;/h6-7,9H,8H2,1-5H3;5-7H,1-4H3,(H2,14,16);5-7,11H,1-4H3;4-6H,1-3H3;4-6H,1-3H3,(H,10,11);4-6H,1-3H3;1-6H;4H,3H2,1-2H3;1-3H3;3-4H,1-2H3;3H,2H2,1H3;1H2;;1H3;1H2/b;;6-5+,8-7?;;;;;;;4-3+;;;;;. The topological polar surface area (TPSA) is 447 Å². The number of Topliss-reactive ketones (excluding diaryl/α,β-unsaturated/α-hetero) is 2. The van der Waals surface area contributed by atoms with E-state index in [1.54, 1.807) is 122 Å². The number of anilines is 1. The van der Waals surface area contributed by atoms with E-state index in [4.69, 9.17) is 50.1 Å².